The third kappa shape index (κ3) is 2.88. The zero-order chi connectivity index (χ0) is 16.5. The van der Waals surface area contributed by atoms with Gasteiger partial charge in [0.25, 0.3) is 5.78 Å². The Morgan fingerprint density at radius 1 is 1.04 bits per heavy atom. The first kappa shape index (κ1) is 14.8. The SMILES string of the molecule is Cc1cc(C)n2nc(SCc3cnn(-c4ccccc4)n3)nc2n1. The topological polar surface area (TPSA) is 73.8 Å². The summed E-state index contributed by atoms with van der Waals surface area (Å²) in [6.07, 6.45) is 1.77. The molecule has 0 amide bonds. The van der Waals surface area contributed by atoms with E-state index in [9.17, 15) is 0 Å². The van der Waals surface area contributed by atoms with E-state index in [2.05, 4.69) is 25.3 Å². The van der Waals surface area contributed by atoms with Crippen LogP contribution in [0.4, 0.5) is 0 Å². The Kier molecular flexibility index (Phi) is 3.73. The van der Waals surface area contributed by atoms with Crippen LogP contribution in [0, 0.1) is 13.8 Å². The second-order valence-electron chi connectivity index (χ2n) is 5.39. The van der Waals surface area contributed by atoms with Crippen molar-refractivity contribution in [2.75, 3.05) is 0 Å². The lowest BCUT2D eigenvalue weighted by Crippen LogP contribution is -1.98. The molecule has 8 heteroatoms. The van der Waals surface area contributed by atoms with E-state index in [0.29, 0.717) is 16.7 Å². The fraction of sp³-hybridized carbons (Fsp3) is 0.188. The summed E-state index contributed by atoms with van der Waals surface area (Å²) in [5.41, 5.74) is 3.78. The molecule has 3 heterocycles. The number of nitrogens with zero attached hydrogens (tertiary/aromatic N) is 7. The summed E-state index contributed by atoms with van der Waals surface area (Å²) in [5, 5.41) is 14.0. The van der Waals surface area contributed by atoms with Crippen LogP contribution in [0.5, 0.6) is 0 Å². The van der Waals surface area contributed by atoms with Crippen molar-refractivity contribution in [1.29, 1.82) is 0 Å². The van der Waals surface area contributed by atoms with Crippen LogP contribution in [0.15, 0.2) is 47.8 Å². The second-order valence-corrected chi connectivity index (χ2v) is 6.34. The molecule has 24 heavy (non-hydrogen) atoms. The van der Waals surface area contributed by atoms with Crippen molar-refractivity contribution >= 4 is 17.5 Å². The molecule has 3 aromatic heterocycles. The molecular weight excluding hydrogens is 322 g/mol. The van der Waals surface area contributed by atoms with Crippen molar-refractivity contribution < 1.29 is 0 Å². The van der Waals surface area contributed by atoms with Crippen LogP contribution in [0.1, 0.15) is 17.1 Å². The van der Waals surface area contributed by atoms with Crippen LogP contribution in [0.3, 0.4) is 0 Å². The predicted molar refractivity (Wildman–Crippen MR) is 91.2 cm³/mol. The molecule has 0 fully saturated rings. The maximum atomic E-state index is 4.49. The average Bonchev–Trinajstić information content (AvgIpc) is 3.20. The Morgan fingerprint density at radius 3 is 2.71 bits per heavy atom. The first-order chi connectivity index (χ1) is 11.7. The Hall–Kier alpha value is -2.74. The van der Waals surface area contributed by atoms with E-state index in [4.69, 9.17) is 0 Å². The van der Waals surface area contributed by atoms with E-state index < -0.39 is 0 Å². The Bertz CT molecular complexity index is 990. The number of thioether (sulfide) groups is 1. The number of aryl methyl sites for hydroxylation is 2. The van der Waals surface area contributed by atoms with Gasteiger partial charge in [0.05, 0.1) is 17.6 Å². The zero-order valence-corrected chi connectivity index (χ0v) is 14.1. The highest BCUT2D eigenvalue weighted by molar-refractivity contribution is 7.98. The van der Waals surface area contributed by atoms with Crippen LogP contribution in [0.25, 0.3) is 11.5 Å². The molecular formula is C16H15N7S. The molecule has 0 aliphatic rings. The fourth-order valence-electron chi connectivity index (χ4n) is 2.39. The molecule has 0 atom stereocenters. The molecule has 0 spiro atoms. The maximum absolute atomic E-state index is 4.49. The van der Waals surface area contributed by atoms with Gasteiger partial charge in [-0.3, -0.25) is 0 Å². The molecule has 0 unspecified atom stereocenters. The van der Waals surface area contributed by atoms with E-state index in [-0.39, 0.29) is 0 Å². The summed E-state index contributed by atoms with van der Waals surface area (Å²) >= 11 is 1.52. The minimum atomic E-state index is 0.628. The number of fused-ring (bicyclic) bond motifs is 1. The minimum absolute atomic E-state index is 0.628. The van der Waals surface area contributed by atoms with E-state index in [1.54, 1.807) is 15.5 Å². The van der Waals surface area contributed by atoms with Crippen LogP contribution >= 0.6 is 11.8 Å². The zero-order valence-electron chi connectivity index (χ0n) is 13.3. The van der Waals surface area contributed by atoms with Crippen LogP contribution < -0.4 is 0 Å². The van der Waals surface area contributed by atoms with Crippen molar-refractivity contribution in [3.8, 4) is 5.69 Å². The number of hydrogen-bond acceptors (Lipinski definition) is 6. The predicted octanol–water partition coefficient (Wildman–Crippen LogP) is 2.61. The van der Waals surface area contributed by atoms with Gasteiger partial charge in [-0.25, -0.2) is 9.50 Å². The molecule has 4 aromatic rings. The van der Waals surface area contributed by atoms with E-state index in [1.165, 1.54) is 11.8 Å². The maximum Gasteiger partial charge on any atom is 0.253 e. The Balaban J connectivity index is 1.51. The first-order valence-corrected chi connectivity index (χ1v) is 8.48. The van der Waals surface area contributed by atoms with Gasteiger partial charge in [0, 0.05) is 17.1 Å². The van der Waals surface area contributed by atoms with Crippen molar-refractivity contribution in [3.63, 3.8) is 0 Å². The van der Waals surface area contributed by atoms with Crippen molar-refractivity contribution in [2.45, 2.75) is 24.8 Å². The summed E-state index contributed by atoms with van der Waals surface area (Å²) < 4.78 is 1.76. The standard InChI is InChI=1S/C16H15N7S/c1-11-8-12(2)22-15(18-11)19-16(21-22)24-10-13-9-17-23(20-13)14-6-4-3-5-7-14/h3-9H,10H2,1-2H3. The normalized spacial score (nSPS) is 11.2. The number of hydrogen-bond donors (Lipinski definition) is 0. The lowest BCUT2D eigenvalue weighted by atomic mass is 10.3. The monoisotopic (exact) mass is 337 g/mol. The summed E-state index contributed by atoms with van der Waals surface area (Å²) in [4.78, 5) is 10.5. The van der Waals surface area contributed by atoms with Crippen LogP contribution in [-0.2, 0) is 5.75 Å². The lowest BCUT2D eigenvalue weighted by molar-refractivity contribution is 0.744. The highest BCUT2D eigenvalue weighted by atomic mass is 32.2. The highest BCUT2D eigenvalue weighted by Crippen LogP contribution is 2.19. The van der Waals surface area contributed by atoms with Gasteiger partial charge in [-0.05, 0) is 32.0 Å². The summed E-state index contributed by atoms with van der Waals surface area (Å²) in [7, 11) is 0. The van der Waals surface area contributed by atoms with Gasteiger partial charge in [-0.1, -0.05) is 30.0 Å². The van der Waals surface area contributed by atoms with E-state index in [1.807, 2.05) is 50.2 Å². The summed E-state index contributed by atoms with van der Waals surface area (Å²) in [5.74, 6) is 1.28. The summed E-state index contributed by atoms with van der Waals surface area (Å²) in [6.45, 7) is 3.95. The van der Waals surface area contributed by atoms with Gasteiger partial charge in [0.2, 0.25) is 5.16 Å². The number of benzene rings is 1. The molecule has 0 aliphatic heterocycles. The highest BCUT2D eigenvalue weighted by Gasteiger charge is 2.10. The van der Waals surface area contributed by atoms with Crippen molar-refractivity contribution in [2.24, 2.45) is 0 Å². The number of para-hydroxylation sites is 1. The molecule has 7 nitrogen and oxygen atoms in total. The number of aromatic nitrogens is 7. The Morgan fingerprint density at radius 2 is 1.88 bits per heavy atom. The molecule has 0 bridgehead atoms. The van der Waals surface area contributed by atoms with E-state index >= 15 is 0 Å². The molecule has 0 N–H and O–H groups in total. The second kappa shape index (κ2) is 6.04. The third-order valence-corrected chi connectivity index (χ3v) is 4.35. The van der Waals surface area contributed by atoms with Gasteiger partial charge in [0.15, 0.2) is 0 Å². The van der Waals surface area contributed by atoms with Crippen molar-refractivity contribution in [3.05, 3.63) is 59.7 Å². The quantitative estimate of drug-likeness (QED) is 0.533. The smallest absolute Gasteiger partial charge is 0.216 e. The average molecular weight is 337 g/mol. The van der Waals surface area contributed by atoms with Gasteiger partial charge < -0.3 is 0 Å². The third-order valence-electron chi connectivity index (χ3n) is 3.47. The van der Waals surface area contributed by atoms with Crippen LogP contribution in [0.2, 0.25) is 0 Å². The van der Waals surface area contributed by atoms with Crippen molar-refractivity contribution in [1.82, 2.24) is 34.6 Å². The molecule has 0 radical (unpaired) electrons. The molecule has 0 saturated heterocycles. The van der Waals surface area contributed by atoms with Gasteiger partial charge in [-0.15, -0.1) is 5.10 Å². The fourth-order valence-corrected chi connectivity index (χ4v) is 3.09. The largest absolute Gasteiger partial charge is 0.253 e. The molecule has 1 aromatic carbocycles. The van der Waals surface area contributed by atoms with Crippen LogP contribution in [-0.4, -0.2) is 34.6 Å². The molecule has 4 rings (SSSR count). The van der Waals surface area contributed by atoms with Gasteiger partial charge in [0.1, 0.15) is 0 Å². The first-order valence-electron chi connectivity index (χ1n) is 7.49. The molecule has 120 valence electrons. The lowest BCUT2D eigenvalue weighted by Gasteiger charge is -1.97. The van der Waals surface area contributed by atoms with Gasteiger partial charge >= 0.3 is 0 Å². The number of rotatable bonds is 4. The molecule has 0 aliphatic carbocycles. The minimum Gasteiger partial charge on any atom is -0.216 e. The molecule has 0 saturated carbocycles. The van der Waals surface area contributed by atoms with Gasteiger partial charge in [-0.2, -0.15) is 20.0 Å². The summed E-state index contributed by atoms with van der Waals surface area (Å²) in [6, 6.07) is 11.8. The van der Waals surface area contributed by atoms with E-state index in [0.717, 1.165) is 22.8 Å². The Labute approximate surface area is 142 Å².